The lowest BCUT2D eigenvalue weighted by molar-refractivity contribution is -0.117. The number of hydrogen-bond donors (Lipinski definition) is 1. The summed E-state index contributed by atoms with van der Waals surface area (Å²) in [5.41, 5.74) is 1.70. The lowest BCUT2D eigenvalue weighted by Crippen LogP contribution is -2.36. The van der Waals surface area contributed by atoms with Crippen molar-refractivity contribution in [1.82, 2.24) is 0 Å². The van der Waals surface area contributed by atoms with Gasteiger partial charge in [-0.05, 0) is 32.6 Å². The lowest BCUT2D eigenvalue weighted by Gasteiger charge is -2.31. The van der Waals surface area contributed by atoms with Crippen LogP contribution in [0.5, 0.6) is 11.5 Å². The first-order valence-corrected chi connectivity index (χ1v) is 10.8. The third-order valence-corrected chi connectivity index (χ3v) is 5.49. The van der Waals surface area contributed by atoms with E-state index >= 15 is 0 Å². The molecule has 0 spiro atoms. The Hall–Kier alpha value is -1.95. The average Bonchev–Trinajstić information content (AvgIpc) is 2.71. The number of carbonyl (C=O) groups excluding carboxylic acids is 1. The van der Waals surface area contributed by atoms with Gasteiger partial charge in [0.1, 0.15) is 11.5 Å². The van der Waals surface area contributed by atoms with Gasteiger partial charge in [-0.1, -0.05) is 19.3 Å². The number of morpholine rings is 1. The molecule has 6 heteroatoms. The maximum atomic E-state index is 12.7. The molecule has 1 aliphatic heterocycles. The number of amides is 1. The second-order valence-electron chi connectivity index (χ2n) is 7.54. The first-order chi connectivity index (χ1) is 13.7. The van der Waals surface area contributed by atoms with Gasteiger partial charge in [-0.3, -0.25) is 4.79 Å². The van der Waals surface area contributed by atoms with E-state index in [1.807, 2.05) is 26.0 Å². The van der Waals surface area contributed by atoms with Crippen LogP contribution < -0.4 is 19.7 Å². The topological polar surface area (TPSA) is 60.0 Å². The molecule has 28 heavy (non-hydrogen) atoms. The lowest BCUT2D eigenvalue weighted by atomic mass is 9.87. The number of anilines is 2. The van der Waals surface area contributed by atoms with Gasteiger partial charge in [0.15, 0.2) is 0 Å². The van der Waals surface area contributed by atoms with Crippen molar-refractivity contribution in [2.75, 3.05) is 49.7 Å². The van der Waals surface area contributed by atoms with E-state index in [0.29, 0.717) is 50.2 Å². The fourth-order valence-corrected chi connectivity index (χ4v) is 4.10. The molecule has 0 aromatic heterocycles. The summed E-state index contributed by atoms with van der Waals surface area (Å²) in [5.74, 6) is 2.04. The number of benzene rings is 1. The standard InChI is InChI=1S/C22H34N2O4/c1-3-27-20-16-19(24-10-12-26-13-11-24)21(28-4-2)15-18(20)23-22(25)14-17-8-6-5-7-9-17/h15-17H,3-14H2,1-2H3,(H,23,25). The molecule has 156 valence electrons. The molecule has 1 aliphatic carbocycles. The Morgan fingerprint density at radius 1 is 1.07 bits per heavy atom. The summed E-state index contributed by atoms with van der Waals surface area (Å²) < 4.78 is 17.2. The Bertz CT molecular complexity index is 638. The smallest absolute Gasteiger partial charge is 0.224 e. The van der Waals surface area contributed by atoms with E-state index in [2.05, 4.69) is 10.2 Å². The van der Waals surface area contributed by atoms with Gasteiger partial charge in [0.05, 0.1) is 37.8 Å². The first kappa shape index (κ1) is 20.8. The van der Waals surface area contributed by atoms with Crippen molar-refractivity contribution in [3.05, 3.63) is 12.1 Å². The highest BCUT2D eigenvalue weighted by Crippen LogP contribution is 2.39. The molecule has 0 radical (unpaired) electrons. The monoisotopic (exact) mass is 390 g/mol. The Morgan fingerprint density at radius 3 is 2.43 bits per heavy atom. The van der Waals surface area contributed by atoms with Gasteiger partial charge < -0.3 is 24.4 Å². The van der Waals surface area contributed by atoms with Gasteiger partial charge in [0.25, 0.3) is 0 Å². The minimum absolute atomic E-state index is 0.0643. The van der Waals surface area contributed by atoms with Gasteiger partial charge in [-0.15, -0.1) is 0 Å². The molecule has 6 nitrogen and oxygen atoms in total. The van der Waals surface area contributed by atoms with Crippen LogP contribution in [-0.2, 0) is 9.53 Å². The summed E-state index contributed by atoms with van der Waals surface area (Å²) in [5, 5.41) is 3.08. The Labute approximate surface area is 168 Å². The van der Waals surface area contributed by atoms with Crippen LogP contribution in [0.3, 0.4) is 0 Å². The fourth-order valence-electron chi connectivity index (χ4n) is 4.10. The normalized spacial score (nSPS) is 18.0. The van der Waals surface area contributed by atoms with Crippen molar-refractivity contribution in [2.24, 2.45) is 5.92 Å². The first-order valence-electron chi connectivity index (χ1n) is 10.8. The van der Waals surface area contributed by atoms with Crippen molar-refractivity contribution < 1.29 is 19.0 Å². The third kappa shape index (κ3) is 5.53. The predicted octanol–water partition coefficient (Wildman–Crippen LogP) is 4.23. The fraction of sp³-hybridized carbons (Fsp3) is 0.682. The molecular formula is C22H34N2O4. The molecule has 0 bridgehead atoms. The van der Waals surface area contributed by atoms with Crippen molar-refractivity contribution in [3.8, 4) is 11.5 Å². The molecule has 1 aromatic rings. The van der Waals surface area contributed by atoms with Crippen LogP contribution in [0.25, 0.3) is 0 Å². The molecule has 1 saturated heterocycles. The predicted molar refractivity (Wildman–Crippen MR) is 112 cm³/mol. The quantitative estimate of drug-likeness (QED) is 0.720. The number of nitrogens with zero attached hydrogens (tertiary/aromatic N) is 1. The van der Waals surface area contributed by atoms with E-state index < -0.39 is 0 Å². The maximum absolute atomic E-state index is 12.7. The van der Waals surface area contributed by atoms with Crippen LogP contribution >= 0.6 is 0 Å². The number of nitrogens with one attached hydrogen (secondary N) is 1. The van der Waals surface area contributed by atoms with Crippen molar-refractivity contribution in [1.29, 1.82) is 0 Å². The molecule has 2 aliphatic rings. The molecule has 1 amide bonds. The molecule has 0 atom stereocenters. The third-order valence-electron chi connectivity index (χ3n) is 5.49. The van der Waals surface area contributed by atoms with Gasteiger partial charge in [-0.25, -0.2) is 0 Å². The van der Waals surface area contributed by atoms with Crippen molar-refractivity contribution in [2.45, 2.75) is 52.4 Å². The van der Waals surface area contributed by atoms with Gasteiger partial charge in [0.2, 0.25) is 5.91 Å². The molecule has 0 unspecified atom stereocenters. The van der Waals surface area contributed by atoms with Crippen LogP contribution in [0, 0.1) is 5.92 Å². The number of ether oxygens (including phenoxy) is 3. The van der Waals surface area contributed by atoms with E-state index in [1.54, 1.807) is 0 Å². The SMILES string of the molecule is CCOc1cc(N2CCOCC2)c(OCC)cc1NC(=O)CC1CCCCC1. The molecule has 1 N–H and O–H groups in total. The molecule has 1 saturated carbocycles. The van der Waals surface area contributed by atoms with E-state index in [0.717, 1.165) is 37.4 Å². The second kappa shape index (κ2) is 10.6. The molecule has 3 rings (SSSR count). The van der Waals surface area contributed by atoms with E-state index in [9.17, 15) is 4.79 Å². The van der Waals surface area contributed by atoms with Crippen LogP contribution in [0.1, 0.15) is 52.4 Å². The summed E-state index contributed by atoms with van der Waals surface area (Å²) >= 11 is 0. The van der Waals surface area contributed by atoms with Crippen LogP contribution in [-0.4, -0.2) is 45.4 Å². The summed E-state index contributed by atoms with van der Waals surface area (Å²) in [6.45, 7) is 8.09. The molecule has 2 fully saturated rings. The zero-order valence-electron chi connectivity index (χ0n) is 17.3. The van der Waals surface area contributed by atoms with Gasteiger partial charge in [-0.2, -0.15) is 0 Å². The second-order valence-corrected chi connectivity index (χ2v) is 7.54. The molecular weight excluding hydrogens is 356 g/mol. The largest absolute Gasteiger partial charge is 0.492 e. The van der Waals surface area contributed by atoms with Gasteiger partial charge >= 0.3 is 0 Å². The summed E-state index contributed by atoms with van der Waals surface area (Å²) in [7, 11) is 0. The Kier molecular flexibility index (Phi) is 7.83. The highest BCUT2D eigenvalue weighted by Gasteiger charge is 2.22. The zero-order valence-corrected chi connectivity index (χ0v) is 17.3. The minimum Gasteiger partial charge on any atom is -0.492 e. The van der Waals surface area contributed by atoms with E-state index in [4.69, 9.17) is 14.2 Å². The summed E-state index contributed by atoms with van der Waals surface area (Å²) in [4.78, 5) is 14.9. The Morgan fingerprint density at radius 2 is 1.75 bits per heavy atom. The average molecular weight is 391 g/mol. The van der Waals surface area contributed by atoms with Crippen molar-refractivity contribution in [3.63, 3.8) is 0 Å². The molecule has 1 aromatic carbocycles. The number of rotatable bonds is 8. The van der Waals surface area contributed by atoms with E-state index in [-0.39, 0.29) is 5.91 Å². The van der Waals surface area contributed by atoms with Crippen molar-refractivity contribution >= 4 is 17.3 Å². The Balaban J connectivity index is 1.79. The van der Waals surface area contributed by atoms with Crippen LogP contribution in [0.15, 0.2) is 12.1 Å². The summed E-state index contributed by atoms with van der Waals surface area (Å²) in [6.07, 6.45) is 6.68. The number of carbonyl (C=O) groups is 1. The van der Waals surface area contributed by atoms with Crippen LogP contribution in [0.4, 0.5) is 11.4 Å². The van der Waals surface area contributed by atoms with E-state index in [1.165, 1.54) is 19.3 Å². The number of hydrogen-bond acceptors (Lipinski definition) is 5. The zero-order chi connectivity index (χ0) is 19.8. The maximum Gasteiger partial charge on any atom is 0.224 e. The van der Waals surface area contributed by atoms with Crippen LogP contribution in [0.2, 0.25) is 0 Å². The molecule has 1 heterocycles. The summed E-state index contributed by atoms with van der Waals surface area (Å²) in [6, 6.07) is 3.91. The highest BCUT2D eigenvalue weighted by atomic mass is 16.5. The van der Waals surface area contributed by atoms with Gasteiger partial charge in [0, 0.05) is 31.6 Å². The minimum atomic E-state index is 0.0643. The highest BCUT2D eigenvalue weighted by molar-refractivity contribution is 5.93.